The van der Waals surface area contributed by atoms with Crippen molar-refractivity contribution >= 4 is 9.84 Å². The average Bonchev–Trinajstić information content (AvgIpc) is 2.85. The third-order valence-electron chi connectivity index (χ3n) is 5.20. The summed E-state index contributed by atoms with van der Waals surface area (Å²) in [6.07, 6.45) is 5.12. The molecule has 0 aromatic heterocycles. The molecule has 2 N–H and O–H groups in total. The van der Waals surface area contributed by atoms with Gasteiger partial charge in [0.2, 0.25) is 0 Å². The highest BCUT2D eigenvalue weighted by molar-refractivity contribution is 7.92. The molecule has 20 heavy (non-hydrogen) atoms. The summed E-state index contributed by atoms with van der Waals surface area (Å²) in [5.41, 5.74) is 6.18. The van der Waals surface area contributed by atoms with E-state index in [-0.39, 0.29) is 22.8 Å². The van der Waals surface area contributed by atoms with Crippen LogP contribution in [0.3, 0.4) is 0 Å². The summed E-state index contributed by atoms with van der Waals surface area (Å²) in [5.74, 6) is 0.548. The fraction of sp³-hybridized carbons (Fsp3) is 1.00. The van der Waals surface area contributed by atoms with Crippen LogP contribution in [0.4, 0.5) is 0 Å². The highest BCUT2D eigenvalue weighted by Gasteiger charge is 2.45. The van der Waals surface area contributed by atoms with E-state index in [0.29, 0.717) is 19.0 Å². The minimum atomic E-state index is -3.00. The second-order valence-electron chi connectivity index (χ2n) is 6.57. The van der Waals surface area contributed by atoms with Gasteiger partial charge in [0, 0.05) is 25.7 Å². The van der Waals surface area contributed by atoms with E-state index in [1.165, 1.54) is 0 Å². The van der Waals surface area contributed by atoms with Crippen LogP contribution in [0, 0.1) is 5.92 Å². The number of sulfone groups is 1. The van der Waals surface area contributed by atoms with Gasteiger partial charge in [-0.25, -0.2) is 8.42 Å². The summed E-state index contributed by atoms with van der Waals surface area (Å²) >= 11 is 0. The lowest BCUT2D eigenvalue weighted by Crippen LogP contribution is -2.52. The number of ether oxygens (including phenoxy) is 2. The molecule has 1 spiro atoms. The number of hydrogen-bond donors (Lipinski definition) is 1. The Bertz CT molecular complexity index is 444. The predicted octanol–water partition coefficient (Wildman–Crippen LogP) is 0.867. The summed E-state index contributed by atoms with van der Waals surface area (Å²) in [4.78, 5) is 0. The smallest absolute Gasteiger partial charge is 0.154 e. The highest BCUT2D eigenvalue weighted by atomic mass is 32.2. The summed E-state index contributed by atoms with van der Waals surface area (Å²) < 4.78 is 35.9. The average molecular weight is 303 g/mol. The maximum Gasteiger partial charge on any atom is 0.154 e. The minimum Gasteiger partial charge on any atom is -0.378 e. The number of nitrogens with two attached hydrogens (primary N) is 1. The predicted molar refractivity (Wildman–Crippen MR) is 76.2 cm³/mol. The van der Waals surface area contributed by atoms with Crippen molar-refractivity contribution in [3.8, 4) is 0 Å². The molecule has 4 unspecified atom stereocenters. The van der Waals surface area contributed by atoms with Crippen LogP contribution in [0.2, 0.25) is 0 Å². The van der Waals surface area contributed by atoms with Gasteiger partial charge in [-0.2, -0.15) is 0 Å². The lowest BCUT2D eigenvalue weighted by molar-refractivity contribution is -0.101. The van der Waals surface area contributed by atoms with Crippen molar-refractivity contribution < 1.29 is 17.9 Å². The van der Waals surface area contributed by atoms with Gasteiger partial charge in [0.25, 0.3) is 0 Å². The molecule has 0 bridgehead atoms. The first kappa shape index (κ1) is 14.8. The SMILES string of the molecule is NC(C1CCOC2(CCOC2)C1)C1CCCCS1(=O)=O. The second kappa shape index (κ2) is 5.55. The van der Waals surface area contributed by atoms with Gasteiger partial charge < -0.3 is 15.2 Å². The largest absolute Gasteiger partial charge is 0.378 e. The van der Waals surface area contributed by atoms with Gasteiger partial charge in [-0.1, -0.05) is 6.42 Å². The zero-order valence-electron chi connectivity index (χ0n) is 11.9. The molecular formula is C14H25NO4S. The first-order valence-corrected chi connectivity index (χ1v) is 9.43. The summed E-state index contributed by atoms with van der Waals surface area (Å²) in [6, 6.07) is -0.248. The number of rotatable bonds is 2. The molecule has 6 heteroatoms. The Hall–Kier alpha value is -0.170. The molecule has 0 aromatic rings. The van der Waals surface area contributed by atoms with Gasteiger partial charge in [-0.3, -0.25) is 0 Å². The maximum absolute atomic E-state index is 12.2. The standard InChI is InChI=1S/C14H25NO4S/c15-13(12-3-1-2-8-20(12,16)17)11-4-6-19-14(9-11)5-7-18-10-14/h11-13H,1-10,15H2. The minimum absolute atomic E-state index is 0.195. The van der Waals surface area contributed by atoms with Gasteiger partial charge in [0.15, 0.2) is 9.84 Å². The molecule has 0 aromatic carbocycles. The Morgan fingerprint density at radius 1 is 1.20 bits per heavy atom. The van der Waals surface area contributed by atoms with Gasteiger partial charge in [-0.15, -0.1) is 0 Å². The van der Waals surface area contributed by atoms with Crippen LogP contribution in [0.15, 0.2) is 0 Å². The second-order valence-corrected chi connectivity index (χ2v) is 8.90. The van der Waals surface area contributed by atoms with Crippen molar-refractivity contribution in [2.24, 2.45) is 11.7 Å². The molecule has 3 aliphatic heterocycles. The molecule has 3 rings (SSSR count). The first-order chi connectivity index (χ1) is 9.53. The van der Waals surface area contributed by atoms with Crippen LogP contribution < -0.4 is 5.73 Å². The molecule has 0 amide bonds. The molecule has 3 saturated heterocycles. The van der Waals surface area contributed by atoms with Crippen molar-refractivity contribution in [1.82, 2.24) is 0 Å². The van der Waals surface area contributed by atoms with Crippen LogP contribution in [0.1, 0.15) is 38.5 Å². The molecule has 116 valence electrons. The van der Waals surface area contributed by atoms with Crippen molar-refractivity contribution in [3.05, 3.63) is 0 Å². The third kappa shape index (κ3) is 2.75. The highest BCUT2D eigenvalue weighted by Crippen LogP contribution is 2.38. The van der Waals surface area contributed by atoms with Crippen molar-refractivity contribution in [2.45, 2.75) is 55.4 Å². The molecule has 3 fully saturated rings. The molecule has 3 heterocycles. The molecule has 3 aliphatic rings. The van der Waals surface area contributed by atoms with Crippen LogP contribution in [0.5, 0.6) is 0 Å². The summed E-state index contributed by atoms with van der Waals surface area (Å²) in [5, 5.41) is -0.348. The van der Waals surface area contributed by atoms with Gasteiger partial charge in [-0.05, 0) is 31.6 Å². The van der Waals surface area contributed by atoms with E-state index in [4.69, 9.17) is 15.2 Å². The summed E-state index contributed by atoms with van der Waals surface area (Å²) in [7, 11) is -3.00. The van der Waals surface area contributed by atoms with Gasteiger partial charge in [0.1, 0.15) is 0 Å². The van der Waals surface area contributed by atoms with Gasteiger partial charge >= 0.3 is 0 Å². The molecule has 5 nitrogen and oxygen atoms in total. The van der Waals surface area contributed by atoms with E-state index in [9.17, 15) is 8.42 Å². The van der Waals surface area contributed by atoms with Crippen molar-refractivity contribution in [3.63, 3.8) is 0 Å². The Morgan fingerprint density at radius 2 is 2.05 bits per heavy atom. The fourth-order valence-corrected chi connectivity index (χ4v) is 6.11. The Morgan fingerprint density at radius 3 is 2.75 bits per heavy atom. The van der Waals surface area contributed by atoms with E-state index in [1.807, 2.05) is 0 Å². The van der Waals surface area contributed by atoms with E-state index in [1.54, 1.807) is 0 Å². The lowest BCUT2D eigenvalue weighted by Gasteiger charge is -2.41. The van der Waals surface area contributed by atoms with E-state index in [2.05, 4.69) is 0 Å². The third-order valence-corrected chi connectivity index (χ3v) is 7.53. The van der Waals surface area contributed by atoms with E-state index < -0.39 is 9.84 Å². The zero-order valence-corrected chi connectivity index (χ0v) is 12.7. The van der Waals surface area contributed by atoms with Crippen LogP contribution >= 0.6 is 0 Å². The molecule has 0 radical (unpaired) electrons. The molecule has 0 saturated carbocycles. The normalized spacial score (nSPS) is 42.6. The van der Waals surface area contributed by atoms with Crippen LogP contribution in [0.25, 0.3) is 0 Å². The number of hydrogen-bond acceptors (Lipinski definition) is 5. The van der Waals surface area contributed by atoms with E-state index in [0.717, 1.165) is 45.1 Å². The maximum atomic E-state index is 12.2. The Balaban J connectivity index is 1.71. The summed E-state index contributed by atoms with van der Waals surface area (Å²) in [6.45, 7) is 2.05. The quantitative estimate of drug-likeness (QED) is 0.819. The lowest BCUT2D eigenvalue weighted by atomic mass is 9.80. The molecular weight excluding hydrogens is 278 g/mol. The zero-order chi connectivity index (χ0) is 14.2. The Kier molecular flexibility index (Phi) is 4.10. The van der Waals surface area contributed by atoms with Gasteiger partial charge in [0.05, 0.1) is 23.2 Å². The van der Waals surface area contributed by atoms with Crippen LogP contribution in [-0.4, -0.2) is 50.9 Å². The van der Waals surface area contributed by atoms with Crippen LogP contribution in [-0.2, 0) is 19.3 Å². The Labute approximate surface area is 121 Å². The molecule has 4 atom stereocenters. The molecule has 0 aliphatic carbocycles. The monoisotopic (exact) mass is 303 g/mol. The van der Waals surface area contributed by atoms with E-state index >= 15 is 0 Å². The first-order valence-electron chi connectivity index (χ1n) is 7.71. The van der Waals surface area contributed by atoms with Crippen molar-refractivity contribution in [1.29, 1.82) is 0 Å². The topological polar surface area (TPSA) is 78.6 Å². The fourth-order valence-electron chi connectivity index (χ4n) is 3.97. The van der Waals surface area contributed by atoms with Crippen molar-refractivity contribution in [2.75, 3.05) is 25.6 Å².